The highest BCUT2D eigenvalue weighted by Crippen LogP contribution is 2.38. The van der Waals surface area contributed by atoms with Crippen molar-refractivity contribution in [1.29, 1.82) is 0 Å². The Bertz CT molecular complexity index is 3510. The Morgan fingerprint density at radius 1 is 0.364 bits per heavy atom. The van der Waals surface area contributed by atoms with Crippen LogP contribution in [0.3, 0.4) is 0 Å². The largest absolute Gasteiger partial charge is 0.351 e. The van der Waals surface area contributed by atoms with Crippen LogP contribution in [0.15, 0.2) is 146 Å². The third-order valence-corrected chi connectivity index (χ3v) is 23.6. The first-order chi connectivity index (χ1) is 51.6. The minimum absolute atomic E-state index is 0.0639. The van der Waals surface area contributed by atoms with Crippen LogP contribution >= 0.6 is 46.4 Å². The van der Waals surface area contributed by atoms with Gasteiger partial charge in [-0.15, -0.1) is 0 Å². The minimum Gasteiger partial charge on any atom is -0.351 e. The second-order valence-corrected chi connectivity index (χ2v) is 31.5. The molecule has 6 aromatic carbocycles. The minimum atomic E-state index is -0.391. The number of piperazine rings is 3. The Morgan fingerprint density at radius 2 is 0.636 bits per heavy atom. The number of carbonyl (C=O) groups is 6. The average molecular weight is 1550 g/mol. The molecule has 0 unspecified atom stereocenters. The molecular formula is C84H107Cl4F2N11O6. The van der Waals surface area contributed by atoms with Gasteiger partial charge in [-0.25, -0.2) is 18.4 Å². The van der Waals surface area contributed by atoms with Crippen molar-refractivity contribution in [2.75, 3.05) is 105 Å². The van der Waals surface area contributed by atoms with Crippen LogP contribution in [0.5, 0.6) is 0 Å². The molecule has 107 heavy (non-hydrogen) atoms. The van der Waals surface area contributed by atoms with Crippen LogP contribution in [0, 0.1) is 29.4 Å². The number of hydrogen-bond acceptors (Lipinski definition) is 9. The van der Waals surface area contributed by atoms with Gasteiger partial charge in [0.1, 0.15) is 11.6 Å². The van der Waals surface area contributed by atoms with Crippen LogP contribution in [-0.4, -0.2) is 197 Å². The first-order valence-electron chi connectivity index (χ1n) is 38.6. The van der Waals surface area contributed by atoms with E-state index in [0.29, 0.717) is 83.5 Å². The topological polar surface area (TPSA) is 184 Å². The second-order valence-electron chi connectivity index (χ2n) is 29.8. The molecule has 2 atom stereocenters. The van der Waals surface area contributed by atoms with Gasteiger partial charge < -0.3 is 40.9 Å². The molecule has 8 amide bonds. The number of urea groups is 2. The lowest BCUT2D eigenvalue weighted by Gasteiger charge is -2.45. The maximum atomic E-state index is 13.7. The van der Waals surface area contributed by atoms with E-state index >= 15 is 0 Å². The molecule has 0 saturated carbocycles. The van der Waals surface area contributed by atoms with Crippen LogP contribution in [0.25, 0.3) is 0 Å². The summed E-state index contributed by atoms with van der Waals surface area (Å²) in [6.45, 7) is 17.4. The predicted octanol–water partition coefficient (Wildman–Crippen LogP) is 15.8. The Kier molecular flexibility index (Phi) is 31.0. The smallest absolute Gasteiger partial charge is 0.314 e. The Morgan fingerprint density at radius 3 is 0.925 bits per heavy atom. The van der Waals surface area contributed by atoms with Crippen molar-refractivity contribution in [3.05, 3.63) is 211 Å². The zero-order chi connectivity index (χ0) is 76.1. The van der Waals surface area contributed by atoms with Crippen molar-refractivity contribution < 1.29 is 37.5 Å². The summed E-state index contributed by atoms with van der Waals surface area (Å²) in [5.74, 6) is 1.16. The van der Waals surface area contributed by atoms with Crippen LogP contribution in [0.4, 0.5) is 18.4 Å². The molecule has 6 aliphatic rings. The van der Waals surface area contributed by atoms with Gasteiger partial charge >= 0.3 is 12.1 Å². The summed E-state index contributed by atoms with van der Waals surface area (Å²) in [5.41, 5.74) is 17.4. The second kappa shape index (κ2) is 40.4. The van der Waals surface area contributed by atoms with Gasteiger partial charge in [-0.1, -0.05) is 159 Å². The standard InChI is InChI=1S/C29H38Cl2N4O2.C29H38F2N4O2.C26H31Cl2N3O2/c2*1-2-3-4-26-20-34(17-18-35(26)27(36)19-21-13-15-33(16-14-21)29(32)37)28(22-5-9-24(30)10-6-22)23-7-11-25(31)12-8-23;1-19(32)29-12-10-20(11-13-29)18-25(33)30-14-16-31(17-15-30)26(21-2-6-23(27)7-3-21)22-4-8-24(28)9-5-22/h2*5-12,21,26,28H,2-4,13-20H2,1H3,(H2,32,37);2-9,20,26H,10-18H2,1H3/t2*26-;/m00./s1. The third kappa shape index (κ3) is 23.3. The van der Waals surface area contributed by atoms with Crippen molar-refractivity contribution in [2.45, 2.75) is 147 Å². The zero-order valence-electron chi connectivity index (χ0n) is 62.3. The van der Waals surface area contributed by atoms with Gasteiger partial charge in [0.15, 0.2) is 0 Å². The highest BCUT2D eigenvalue weighted by atomic mass is 35.5. The first-order valence-corrected chi connectivity index (χ1v) is 40.1. The number of amides is 8. The van der Waals surface area contributed by atoms with Crippen molar-refractivity contribution in [2.24, 2.45) is 29.2 Å². The highest BCUT2D eigenvalue weighted by Gasteiger charge is 2.39. The number of hydrogen-bond donors (Lipinski definition) is 2. The molecule has 23 heteroatoms. The molecule has 0 aromatic heterocycles. The van der Waals surface area contributed by atoms with E-state index in [1.54, 1.807) is 41.0 Å². The van der Waals surface area contributed by atoms with Gasteiger partial charge in [-0.2, -0.15) is 0 Å². The number of rotatable bonds is 21. The molecule has 6 saturated heterocycles. The lowest BCUT2D eigenvalue weighted by atomic mass is 9.91. The molecule has 0 aliphatic carbocycles. The van der Waals surface area contributed by atoms with E-state index in [1.807, 2.05) is 58.3 Å². The van der Waals surface area contributed by atoms with Crippen LogP contribution < -0.4 is 11.5 Å². The van der Waals surface area contributed by atoms with Gasteiger partial charge in [0.05, 0.1) is 18.1 Å². The quantitative estimate of drug-likeness (QED) is 0.0708. The summed E-state index contributed by atoms with van der Waals surface area (Å²) in [6.07, 6.45) is 12.9. The fourth-order valence-electron chi connectivity index (χ4n) is 16.5. The molecule has 0 radical (unpaired) electrons. The van der Waals surface area contributed by atoms with Crippen molar-refractivity contribution in [3.63, 3.8) is 0 Å². The number of benzene rings is 6. The number of piperidine rings is 3. The molecule has 6 heterocycles. The molecule has 17 nitrogen and oxygen atoms in total. The summed E-state index contributed by atoms with van der Waals surface area (Å²) in [6, 6.07) is 44.7. The van der Waals surface area contributed by atoms with Gasteiger partial charge in [0.25, 0.3) is 0 Å². The van der Waals surface area contributed by atoms with E-state index in [9.17, 15) is 37.5 Å². The van der Waals surface area contributed by atoms with Gasteiger partial charge in [-0.05, 0) is 175 Å². The fraction of sp³-hybridized carbons (Fsp3) is 0.500. The lowest BCUT2D eigenvalue weighted by Crippen LogP contribution is -2.56. The first kappa shape index (κ1) is 82.1. The summed E-state index contributed by atoms with van der Waals surface area (Å²) in [4.78, 5) is 93.1. The molecule has 576 valence electrons. The number of primary amides is 2. The maximum Gasteiger partial charge on any atom is 0.314 e. The van der Waals surface area contributed by atoms with E-state index in [-0.39, 0.29) is 77.4 Å². The van der Waals surface area contributed by atoms with Gasteiger partial charge in [0.2, 0.25) is 23.6 Å². The summed E-state index contributed by atoms with van der Waals surface area (Å²) in [5, 5.41) is 2.88. The lowest BCUT2D eigenvalue weighted by molar-refractivity contribution is -0.139. The van der Waals surface area contributed by atoms with Crippen molar-refractivity contribution in [3.8, 4) is 0 Å². The molecule has 12 rings (SSSR count). The number of nitrogens with zero attached hydrogens (tertiary/aromatic N) is 9. The van der Waals surface area contributed by atoms with E-state index in [4.69, 9.17) is 57.9 Å². The molecule has 0 spiro atoms. The normalized spacial score (nSPS) is 19.0. The number of halogens is 6. The molecule has 6 aromatic rings. The van der Waals surface area contributed by atoms with Crippen LogP contribution in [0.2, 0.25) is 20.1 Å². The van der Waals surface area contributed by atoms with E-state index in [2.05, 4.69) is 86.9 Å². The molecule has 6 fully saturated rings. The Hall–Kier alpha value is -7.36. The van der Waals surface area contributed by atoms with Crippen LogP contribution in [-0.2, 0) is 19.2 Å². The monoisotopic (exact) mass is 1540 g/mol. The zero-order valence-corrected chi connectivity index (χ0v) is 65.3. The summed E-state index contributed by atoms with van der Waals surface area (Å²) < 4.78 is 27.4. The van der Waals surface area contributed by atoms with Gasteiger partial charge in [-0.3, -0.25) is 33.9 Å². The molecule has 6 aliphatic heterocycles. The van der Waals surface area contributed by atoms with E-state index in [0.717, 1.165) is 161 Å². The SMILES string of the molecule is CC(=O)N1CCC(CC(=O)N2CCN(C(c3ccc(Cl)cc3)c3ccc(Cl)cc3)CC2)CC1.CCCC[C@H]1CN(C(c2ccc(Cl)cc2)c2ccc(Cl)cc2)CCN1C(=O)CC1CCN(C(N)=O)CC1.CCCC[C@H]1CN(C(c2ccc(F)cc2)c2ccc(F)cc2)CCN1C(=O)CC1CCN(C(N)=O)CC1. The van der Waals surface area contributed by atoms with E-state index in [1.165, 1.54) is 46.5 Å². The number of nitrogens with two attached hydrogens (primary N) is 2. The predicted molar refractivity (Wildman–Crippen MR) is 422 cm³/mol. The Balaban J connectivity index is 0.000000172. The molecule has 0 bridgehead atoms. The number of carbonyl (C=O) groups excluding carboxylic acids is 6. The third-order valence-electron chi connectivity index (χ3n) is 22.6. The molecule has 4 N–H and O–H groups in total. The molecular weight excluding hydrogens is 1440 g/mol. The van der Waals surface area contributed by atoms with Crippen molar-refractivity contribution >= 4 is 82.1 Å². The summed E-state index contributed by atoms with van der Waals surface area (Å²) in [7, 11) is 0. The van der Waals surface area contributed by atoms with Gasteiger partial charge in [0, 0.05) is 163 Å². The number of likely N-dealkylation sites (tertiary alicyclic amines) is 3. The number of unbranched alkanes of at least 4 members (excludes halogenated alkanes) is 2. The maximum absolute atomic E-state index is 13.7. The van der Waals surface area contributed by atoms with Crippen molar-refractivity contribution in [1.82, 2.24) is 44.1 Å². The summed E-state index contributed by atoms with van der Waals surface area (Å²) >= 11 is 24.7. The van der Waals surface area contributed by atoms with E-state index < -0.39 is 6.03 Å². The van der Waals surface area contributed by atoms with Crippen LogP contribution in [0.1, 0.15) is 169 Å². The highest BCUT2D eigenvalue weighted by molar-refractivity contribution is 6.31. The fourth-order valence-corrected chi connectivity index (χ4v) is 17.0. The average Bonchev–Trinajstić information content (AvgIpc) is 0.789. The Labute approximate surface area is 651 Å².